The van der Waals surface area contributed by atoms with Gasteiger partial charge >= 0.3 is 15.2 Å². The highest BCUT2D eigenvalue weighted by Gasteiger charge is 2.64. The third-order valence-corrected chi connectivity index (χ3v) is 7.79. The average Bonchev–Trinajstić information content (AvgIpc) is 2.32. The van der Waals surface area contributed by atoms with Gasteiger partial charge in [-0.2, -0.15) is 0 Å². The van der Waals surface area contributed by atoms with E-state index in [0.717, 1.165) is 6.92 Å². The zero-order valence-corrected chi connectivity index (χ0v) is 13.3. The Bertz CT molecular complexity index is 390. The van der Waals surface area contributed by atoms with Crippen molar-refractivity contribution in [2.24, 2.45) is 5.73 Å². The number of amides is 1. The van der Waals surface area contributed by atoms with Crippen molar-refractivity contribution in [3.63, 3.8) is 0 Å². The minimum atomic E-state index is -4.89. The van der Waals surface area contributed by atoms with Crippen molar-refractivity contribution in [3.05, 3.63) is 0 Å². The molecule has 0 aromatic rings. The number of alkyl halides is 2. The highest BCUT2D eigenvalue weighted by atomic mass is 35.5. The summed E-state index contributed by atoms with van der Waals surface area (Å²) in [5.41, 5.74) is 4.96. The van der Waals surface area contributed by atoms with Crippen LogP contribution in [0.1, 0.15) is 6.92 Å². The number of halogens is 2. The third kappa shape index (κ3) is 4.16. The van der Waals surface area contributed by atoms with E-state index in [-0.39, 0.29) is 11.8 Å². The van der Waals surface area contributed by atoms with Crippen LogP contribution in [0, 0.1) is 0 Å². The van der Waals surface area contributed by atoms with Crippen LogP contribution >= 0.6 is 38.4 Å². The van der Waals surface area contributed by atoms with Gasteiger partial charge in [-0.05, 0) is 6.92 Å². The van der Waals surface area contributed by atoms with Crippen molar-refractivity contribution in [1.82, 2.24) is 0 Å². The molecule has 0 aliphatic rings. The lowest BCUT2D eigenvalue weighted by Crippen LogP contribution is -2.42. The number of nitrogens with two attached hydrogens (primary N) is 1. The molecule has 8 nitrogen and oxygen atoms in total. The van der Waals surface area contributed by atoms with E-state index in [0.29, 0.717) is 0 Å². The van der Waals surface area contributed by atoms with Crippen LogP contribution in [0.15, 0.2) is 0 Å². The van der Waals surface area contributed by atoms with Crippen molar-refractivity contribution in [3.8, 4) is 0 Å². The molecule has 0 saturated carbocycles. The van der Waals surface area contributed by atoms with E-state index in [2.05, 4.69) is 9.05 Å². The second kappa shape index (κ2) is 7.38. The zero-order chi connectivity index (χ0) is 15.3. The van der Waals surface area contributed by atoms with Gasteiger partial charge in [-0.25, -0.2) is 0 Å². The van der Waals surface area contributed by atoms with E-state index >= 15 is 0 Å². The first-order chi connectivity index (χ1) is 8.56. The topological polar surface area (TPSA) is 136 Å². The largest absolute Gasteiger partial charge is 0.368 e. The molecule has 2 unspecified atom stereocenters. The lowest BCUT2D eigenvalue weighted by molar-refractivity contribution is -0.119. The molecule has 0 heterocycles. The van der Waals surface area contributed by atoms with Gasteiger partial charge < -0.3 is 24.6 Å². The van der Waals surface area contributed by atoms with Crippen LogP contribution in [0.2, 0.25) is 0 Å². The van der Waals surface area contributed by atoms with Crippen molar-refractivity contribution in [2.75, 3.05) is 25.0 Å². The summed E-state index contributed by atoms with van der Waals surface area (Å²) in [6, 6.07) is 0. The van der Waals surface area contributed by atoms with Crippen LogP contribution in [-0.2, 0) is 23.0 Å². The van der Waals surface area contributed by atoms with E-state index in [1.54, 1.807) is 0 Å². The molecule has 0 fully saturated rings. The van der Waals surface area contributed by atoms with Gasteiger partial charge in [0.25, 0.3) is 0 Å². The van der Waals surface area contributed by atoms with Crippen LogP contribution in [0.25, 0.3) is 0 Å². The maximum Gasteiger partial charge on any atom is 0.355 e. The first-order valence-electron chi connectivity index (χ1n) is 4.93. The van der Waals surface area contributed by atoms with Crippen molar-refractivity contribution >= 4 is 44.3 Å². The summed E-state index contributed by atoms with van der Waals surface area (Å²) >= 11 is 10.6. The number of hydrogen-bond acceptors (Lipinski definition) is 5. The van der Waals surface area contributed by atoms with Gasteiger partial charge in [0.1, 0.15) is 0 Å². The lowest BCUT2D eigenvalue weighted by atomic mass is 10.4. The van der Waals surface area contributed by atoms with E-state index in [1.807, 2.05) is 0 Å². The standard InChI is InChI=1S/C7H15Cl2NO7P2/c1-7(6(10)11,18(12,13)16-4-2-8)19(14,15)17-5-3-9/h2-5H2,1H3,(H2,10,11)(H,12,13)(H,14,15). The average molecular weight is 358 g/mol. The molecule has 0 bridgehead atoms. The van der Waals surface area contributed by atoms with Crippen molar-refractivity contribution < 1.29 is 32.8 Å². The maximum absolute atomic E-state index is 12.0. The molecule has 114 valence electrons. The molecule has 12 heteroatoms. The molecule has 2 atom stereocenters. The maximum atomic E-state index is 12.0. The molecular formula is C7H15Cl2NO7P2. The van der Waals surface area contributed by atoms with Gasteiger partial charge in [-0.3, -0.25) is 13.9 Å². The minimum absolute atomic E-state index is 0.155. The van der Waals surface area contributed by atoms with Gasteiger partial charge in [0.05, 0.1) is 13.2 Å². The smallest absolute Gasteiger partial charge is 0.355 e. The summed E-state index contributed by atoms with van der Waals surface area (Å²) in [7, 11) is -9.78. The second-order valence-electron chi connectivity index (χ2n) is 3.47. The second-order valence-corrected chi connectivity index (χ2v) is 8.97. The molecular weight excluding hydrogens is 343 g/mol. The third-order valence-electron chi connectivity index (χ3n) is 2.25. The molecule has 4 N–H and O–H groups in total. The molecule has 0 spiro atoms. The fourth-order valence-corrected chi connectivity index (χ4v) is 4.74. The molecule has 19 heavy (non-hydrogen) atoms. The first-order valence-corrected chi connectivity index (χ1v) is 9.16. The van der Waals surface area contributed by atoms with Crippen LogP contribution in [-0.4, -0.2) is 45.6 Å². The van der Waals surface area contributed by atoms with Crippen LogP contribution < -0.4 is 5.73 Å². The Morgan fingerprint density at radius 2 is 1.47 bits per heavy atom. The summed E-state index contributed by atoms with van der Waals surface area (Å²) in [5.74, 6) is -1.82. The van der Waals surface area contributed by atoms with Gasteiger partial charge in [-0.1, -0.05) is 0 Å². The molecule has 0 aromatic heterocycles. The molecule has 0 rings (SSSR count). The summed E-state index contributed by atoms with van der Waals surface area (Å²) in [5, 5.41) is 0. The van der Waals surface area contributed by atoms with Gasteiger partial charge in [0, 0.05) is 11.8 Å². The number of carbonyl (C=O) groups excluding carboxylic acids is 1. The molecule has 0 aliphatic heterocycles. The summed E-state index contributed by atoms with van der Waals surface area (Å²) < 4.78 is 33.0. The number of rotatable bonds is 9. The molecule has 0 radical (unpaired) electrons. The normalized spacial score (nSPS) is 21.1. The molecule has 0 aromatic carbocycles. The number of carbonyl (C=O) groups is 1. The molecule has 0 saturated heterocycles. The Morgan fingerprint density at radius 3 is 1.68 bits per heavy atom. The summed E-state index contributed by atoms with van der Waals surface area (Å²) in [4.78, 5) is 28.0. The van der Waals surface area contributed by atoms with Crippen molar-refractivity contribution in [2.45, 2.75) is 11.8 Å². The zero-order valence-electron chi connectivity index (χ0n) is 9.99. The van der Waals surface area contributed by atoms with E-state index < -0.39 is 39.2 Å². The van der Waals surface area contributed by atoms with Crippen LogP contribution in [0.3, 0.4) is 0 Å². The van der Waals surface area contributed by atoms with Crippen molar-refractivity contribution in [1.29, 1.82) is 0 Å². The highest BCUT2D eigenvalue weighted by molar-refractivity contribution is 7.75. The van der Waals surface area contributed by atoms with E-state index in [1.165, 1.54) is 0 Å². The Hall–Kier alpha value is 0.350. The first kappa shape index (κ1) is 19.4. The predicted molar refractivity (Wildman–Crippen MR) is 70.6 cm³/mol. The number of hydrogen-bond donors (Lipinski definition) is 3. The SMILES string of the molecule is CC(C(N)=O)(P(=O)(O)OCCCl)P(=O)(O)OCCCl. The molecule has 1 amide bonds. The Balaban J connectivity index is 5.54. The minimum Gasteiger partial charge on any atom is -0.368 e. The highest BCUT2D eigenvalue weighted by Crippen LogP contribution is 2.73. The van der Waals surface area contributed by atoms with Gasteiger partial charge in [0.15, 0.2) is 0 Å². The number of primary amides is 1. The Morgan fingerprint density at radius 1 is 1.16 bits per heavy atom. The summed E-state index contributed by atoms with van der Waals surface area (Å²) in [6.45, 7) is -0.0965. The Labute approximate surface area is 120 Å². The fraction of sp³-hybridized carbons (Fsp3) is 0.857. The summed E-state index contributed by atoms with van der Waals surface area (Å²) in [6.07, 6.45) is 0. The predicted octanol–water partition coefficient (Wildman–Crippen LogP) is 1.07. The molecule has 0 aliphatic carbocycles. The quantitative estimate of drug-likeness (QED) is 0.414. The lowest BCUT2D eigenvalue weighted by Gasteiger charge is -2.32. The fourth-order valence-electron chi connectivity index (χ4n) is 1.01. The monoisotopic (exact) mass is 357 g/mol. The van der Waals surface area contributed by atoms with E-state index in [4.69, 9.17) is 28.9 Å². The van der Waals surface area contributed by atoms with Crippen LogP contribution in [0.5, 0.6) is 0 Å². The van der Waals surface area contributed by atoms with Gasteiger partial charge in [0.2, 0.25) is 10.8 Å². The van der Waals surface area contributed by atoms with E-state index in [9.17, 15) is 23.7 Å². The van der Waals surface area contributed by atoms with Gasteiger partial charge in [-0.15, -0.1) is 23.2 Å². The van der Waals surface area contributed by atoms with Crippen LogP contribution in [0.4, 0.5) is 0 Å². The Kier molecular flexibility index (Phi) is 7.52.